The molecule has 1 amide bonds. The Morgan fingerprint density at radius 2 is 2.00 bits per heavy atom. The van der Waals surface area contributed by atoms with Crippen molar-refractivity contribution in [3.8, 4) is 0 Å². The highest BCUT2D eigenvalue weighted by atomic mass is 79.9. The van der Waals surface area contributed by atoms with Gasteiger partial charge in [0.1, 0.15) is 0 Å². The molecule has 0 aromatic heterocycles. The first-order chi connectivity index (χ1) is 9.40. The molecule has 2 atom stereocenters. The molecule has 0 aliphatic heterocycles. The van der Waals surface area contributed by atoms with Crippen LogP contribution in [0.5, 0.6) is 0 Å². The van der Waals surface area contributed by atoms with Gasteiger partial charge in [0.25, 0.3) is 0 Å². The van der Waals surface area contributed by atoms with Crippen LogP contribution in [-0.4, -0.2) is 23.2 Å². The van der Waals surface area contributed by atoms with Crippen molar-refractivity contribution >= 4 is 21.8 Å². The van der Waals surface area contributed by atoms with Crippen LogP contribution in [0.2, 0.25) is 0 Å². The van der Waals surface area contributed by atoms with Crippen LogP contribution < -0.4 is 5.32 Å². The monoisotopic (exact) mass is 341 g/mol. The molecule has 1 aromatic carbocycles. The van der Waals surface area contributed by atoms with Gasteiger partial charge in [0.05, 0.1) is 0 Å². The zero-order valence-corrected chi connectivity index (χ0v) is 14.0. The Morgan fingerprint density at radius 1 is 1.40 bits per heavy atom. The smallest absolute Gasteiger partial charge is 0.221 e. The first-order valence-corrected chi connectivity index (χ1v) is 7.87. The number of halogens is 1. The minimum absolute atomic E-state index is 0.0400. The lowest BCUT2D eigenvalue weighted by molar-refractivity contribution is -0.123. The molecular weight excluding hydrogens is 318 g/mol. The summed E-state index contributed by atoms with van der Waals surface area (Å²) in [6, 6.07) is 8.06. The average molecular weight is 342 g/mol. The number of hydrogen-bond acceptors (Lipinski definition) is 2. The summed E-state index contributed by atoms with van der Waals surface area (Å²) < 4.78 is 1.04. The Balaban J connectivity index is 2.59. The van der Waals surface area contributed by atoms with Gasteiger partial charge >= 0.3 is 0 Å². The first kappa shape index (κ1) is 17.2. The summed E-state index contributed by atoms with van der Waals surface area (Å²) in [4.78, 5) is 12.1. The van der Waals surface area contributed by atoms with E-state index >= 15 is 0 Å². The molecule has 4 heteroatoms. The largest absolute Gasteiger partial charge is 0.396 e. The molecule has 0 aliphatic rings. The van der Waals surface area contributed by atoms with Gasteiger partial charge in [-0.25, -0.2) is 0 Å². The summed E-state index contributed by atoms with van der Waals surface area (Å²) in [7, 11) is 0. The second-order valence-corrected chi connectivity index (χ2v) is 6.51. The fourth-order valence-corrected chi connectivity index (χ4v) is 2.41. The van der Waals surface area contributed by atoms with Gasteiger partial charge in [0.2, 0.25) is 5.91 Å². The number of carbonyl (C=O) groups is 1. The van der Waals surface area contributed by atoms with Crippen molar-refractivity contribution in [2.45, 2.75) is 51.5 Å². The number of benzene rings is 1. The minimum Gasteiger partial charge on any atom is -0.396 e. The van der Waals surface area contributed by atoms with Crippen molar-refractivity contribution < 1.29 is 9.90 Å². The van der Waals surface area contributed by atoms with E-state index in [4.69, 9.17) is 5.11 Å². The zero-order valence-electron chi connectivity index (χ0n) is 12.4. The van der Waals surface area contributed by atoms with Crippen LogP contribution in [0.3, 0.4) is 0 Å². The van der Waals surface area contributed by atoms with E-state index in [1.807, 2.05) is 38.1 Å². The van der Waals surface area contributed by atoms with Gasteiger partial charge in [-0.1, -0.05) is 41.9 Å². The molecule has 0 spiro atoms. The van der Waals surface area contributed by atoms with Gasteiger partial charge in [0.15, 0.2) is 0 Å². The van der Waals surface area contributed by atoms with E-state index in [1.54, 1.807) is 0 Å². The van der Waals surface area contributed by atoms with Gasteiger partial charge in [-0.05, 0) is 43.4 Å². The topological polar surface area (TPSA) is 49.3 Å². The SMILES string of the molecule is CCC(C)(CCO)NC(=O)CC(C)c1ccc(Br)cc1. The summed E-state index contributed by atoms with van der Waals surface area (Å²) in [6.45, 7) is 6.14. The van der Waals surface area contributed by atoms with Crippen LogP contribution in [-0.2, 0) is 4.79 Å². The van der Waals surface area contributed by atoms with Crippen molar-refractivity contribution in [3.63, 3.8) is 0 Å². The van der Waals surface area contributed by atoms with Gasteiger partial charge < -0.3 is 10.4 Å². The Kier molecular flexibility index (Phi) is 6.69. The Labute approximate surface area is 129 Å². The molecule has 0 aliphatic carbocycles. The number of rotatable bonds is 7. The third-order valence-corrected chi connectivity index (χ3v) is 4.34. The third-order valence-electron chi connectivity index (χ3n) is 3.82. The molecule has 0 bridgehead atoms. The maximum absolute atomic E-state index is 12.1. The Hall–Kier alpha value is -0.870. The molecule has 2 N–H and O–H groups in total. The number of carbonyl (C=O) groups excluding carboxylic acids is 1. The van der Waals surface area contributed by atoms with E-state index in [0.717, 1.165) is 16.5 Å². The molecule has 1 rings (SSSR count). The zero-order chi connectivity index (χ0) is 15.2. The van der Waals surface area contributed by atoms with Crippen LogP contribution in [0, 0.1) is 0 Å². The van der Waals surface area contributed by atoms with Gasteiger partial charge in [0, 0.05) is 23.0 Å². The predicted octanol–water partition coefficient (Wildman–Crippen LogP) is 3.61. The summed E-state index contributed by atoms with van der Waals surface area (Å²) in [5, 5.41) is 12.1. The molecular formula is C16H24BrNO2. The predicted molar refractivity (Wildman–Crippen MR) is 85.7 cm³/mol. The van der Waals surface area contributed by atoms with Crippen molar-refractivity contribution in [1.29, 1.82) is 0 Å². The molecule has 112 valence electrons. The number of aliphatic hydroxyl groups excluding tert-OH is 1. The lowest BCUT2D eigenvalue weighted by Crippen LogP contribution is -2.46. The molecule has 20 heavy (non-hydrogen) atoms. The van der Waals surface area contributed by atoms with Crippen LogP contribution in [0.1, 0.15) is 51.5 Å². The fourth-order valence-electron chi connectivity index (χ4n) is 2.15. The van der Waals surface area contributed by atoms with E-state index in [9.17, 15) is 4.79 Å². The van der Waals surface area contributed by atoms with Crippen LogP contribution in [0.15, 0.2) is 28.7 Å². The maximum Gasteiger partial charge on any atom is 0.221 e. The first-order valence-electron chi connectivity index (χ1n) is 7.07. The standard InChI is InChI=1S/C16H24BrNO2/c1-4-16(3,9-10-19)18-15(20)11-12(2)13-5-7-14(17)8-6-13/h5-8,12,19H,4,9-11H2,1-3H3,(H,18,20). The number of nitrogens with one attached hydrogen (secondary N) is 1. The number of amides is 1. The average Bonchev–Trinajstić information content (AvgIpc) is 2.39. The summed E-state index contributed by atoms with van der Waals surface area (Å²) in [5.41, 5.74) is 0.842. The molecule has 0 heterocycles. The van der Waals surface area contributed by atoms with Crippen LogP contribution in [0.25, 0.3) is 0 Å². The highest BCUT2D eigenvalue weighted by Crippen LogP contribution is 2.22. The highest BCUT2D eigenvalue weighted by molar-refractivity contribution is 9.10. The van der Waals surface area contributed by atoms with Crippen molar-refractivity contribution in [2.24, 2.45) is 0 Å². The lowest BCUT2D eigenvalue weighted by atomic mass is 9.93. The van der Waals surface area contributed by atoms with Crippen LogP contribution in [0.4, 0.5) is 0 Å². The maximum atomic E-state index is 12.1. The van der Waals surface area contributed by atoms with Crippen molar-refractivity contribution in [2.75, 3.05) is 6.61 Å². The molecule has 1 aromatic rings. The number of aliphatic hydroxyl groups is 1. The number of hydrogen-bond donors (Lipinski definition) is 2. The van der Waals surface area contributed by atoms with Gasteiger partial charge in [-0.3, -0.25) is 4.79 Å². The fraction of sp³-hybridized carbons (Fsp3) is 0.562. The summed E-state index contributed by atoms with van der Waals surface area (Å²) in [6.07, 6.45) is 1.86. The van der Waals surface area contributed by atoms with Gasteiger partial charge in [-0.2, -0.15) is 0 Å². The molecule has 0 radical (unpaired) electrons. The molecule has 0 fully saturated rings. The lowest BCUT2D eigenvalue weighted by Gasteiger charge is -2.29. The van der Waals surface area contributed by atoms with E-state index in [2.05, 4.69) is 28.2 Å². The second-order valence-electron chi connectivity index (χ2n) is 5.59. The highest BCUT2D eigenvalue weighted by Gasteiger charge is 2.24. The van der Waals surface area contributed by atoms with Crippen molar-refractivity contribution in [3.05, 3.63) is 34.3 Å². The molecule has 3 nitrogen and oxygen atoms in total. The van der Waals surface area contributed by atoms with E-state index in [1.165, 1.54) is 0 Å². The summed E-state index contributed by atoms with van der Waals surface area (Å²) in [5.74, 6) is 0.219. The Morgan fingerprint density at radius 3 is 2.50 bits per heavy atom. The van der Waals surface area contributed by atoms with Crippen LogP contribution >= 0.6 is 15.9 Å². The second kappa shape index (κ2) is 7.79. The van der Waals surface area contributed by atoms with E-state index in [-0.39, 0.29) is 24.0 Å². The molecule has 0 saturated heterocycles. The molecule has 0 saturated carbocycles. The van der Waals surface area contributed by atoms with Crippen molar-refractivity contribution in [1.82, 2.24) is 5.32 Å². The third kappa shape index (κ3) is 5.25. The summed E-state index contributed by atoms with van der Waals surface area (Å²) >= 11 is 3.41. The van der Waals surface area contributed by atoms with E-state index < -0.39 is 0 Å². The quantitative estimate of drug-likeness (QED) is 0.795. The van der Waals surface area contributed by atoms with E-state index in [0.29, 0.717) is 12.8 Å². The normalized spacial score (nSPS) is 15.4. The minimum atomic E-state index is -0.314. The molecule has 2 unspecified atom stereocenters. The Bertz CT molecular complexity index is 433. The van der Waals surface area contributed by atoms with Gasteiger partial charge in [-0.15, -0.1) is 0 Å².